The lowest BCUT2D eigenvalue weighted by atomic mass is 10.2. The first-order valence-corrected chi connectivity index (χ1v) is 4.49. The van der Waals surface area contributed by atoms with Crippen molar-refractivity contribution in [1.29, 1.82) is 0 Å². The number of carbonyl (C=O) groups is 1. The molecule has 1 aromatic rings. The monoisotopic (exact) mass is 211 g/mol. The second kappa shape index (κ2) is 5.92. The first kappa shape index (κ1) is 11.4. The van der Waals surface area contributed by atoms with E-state index in [4.69, 9.17) is 9.84 Å². The van der Waals surface area contributed by atoms with Gasteiger partial charge in [-0.1, -0.05) is 0 Å². The van der Waals surface area contributed by atoms with E-state index in [0.29, 0.717) is 19.0 Å². The maximum atomic E-state index is 10.8. The minimum atomic E-state index is -0.945. The Bertz CT molecular complexity index is 305. The summed E-state index contributed by atoms with van der Waals surface area (Å²) in [5.74, 6) is -0.638. The number of aromatic nitrogens is 2. The zero-order valence-electron chi connectivity index (χ0n) is 8.38. The van der Waals surface area contributed by atoms with Crippen molar-refractivity contribution in [2.45, 2.75) is 12.5 Å². The van der Waals surface area contributed by atoms with Gasteiger partial charge in [0.2, 0.25) is 5.95 Å². The third-order valence-electron chi connectivity index (χ3n) is 1.78. The summed E-state index contributed by atoms with van der Waals surface area (Å²) in [5, 5.41) is 11.6. The number of ether oxygens (including phenoxy) is 1. The van der Waals surface area contributed by atoms with Gasteiger partial charge in [-0.2, -0.15) is 0 Å². The van der Waals surface area contributed by atoms with Crippen molar-refractivity contribution >= 4 is 11.9 Å². The molecule has 0 saturated carbocycles. The van der Waals surface area contributed by atoms with Gasteiger partial charge in [-0.25, -0.2) is 14.8 Å². The number of carboxylic acids is 1. The number of nitrogens with one attached hydrogen (secondary N) is 1. The third-order valence-corrected chi connectivity index (χ3v) is 1.78. The third kappa shape index (κ3) is 3.90. The normalized spacial score (nSPS) is 12.1. The lowest BCUT2D eigenvalue weighted by molar-refractivity contribution is -0.138. The van der Waals surface area contributed by atoms with E-state index in [2.05, 4.69) is 15.3 Å². The summed E-state index contributed by atoms with van der Waals surface area (Å²) in [6.45, 7) is 0.372. The fourth-order valence-electron chi connectivity index (χ4n) is 1.02. The van der Waals surface area contributed by atoms with E-state index < -0.39 is 12.0 Å². The van der Waals surface area contributed by atoms with E-state index in [1.807, 2.05) is 0 Å². The second-order valence-electron chi connectivity index (χ2n) is 2.89. The Balaban J connectivity index is 2.55. The van der Waals surface area contributed by atoms with E-state index in [1.54, 1.807) is 18.5 Å². The maximum Gasteiger partial charge on any atom is 0.326 e. The molecule has 2 N–H and O–H groups in total. The molecule has 1 aromatic heterocycles. The Morgan fingerprint density at radius 3 is 2.80 bits per heavy atom. The van der Waals surface area contributed by atoms with E-state index in [0.717, 1.165) is 0 Å². The van der Waals surface area contributed by atoms with Gasteiger partial charge in [-0.15, -0.1) is 0 Å². The van der Waals surface area contributed by atoms with Gasteiger partial charge in [0, 0.05) is 32.5 Å². The molecule has 1 rings (SSSR count). The van der Waals surface area contributed by atoms with Crippen molar-refractivity contribution in [2.75, 3.05) is 19.0 Å². The molecular weight excluding hydrogens is 198 g/mol. The Kier molecular flexibility index (Phi) is 4.49. The molecule has 0 aromatic carbocycles. The van der Waals surface area contributed by atoms with E-state index in [1.165, 1.54) is 7.11 Å². The SMILES string of the molecule is COCCC(Nc1ncccn1)C(=O)O. The summed E-state index contributed by atoms with van der Waals surface area (Å²) in [4.78, 5) is 18.6. The van der Waals surface area contributed by atoms with Crippen molar-refractivity contribution in [3.05, 3.63) is 18.5 Å². The zero-order valence-corrected chi connectivity index (χ0v) is 8.38. The van der Waals surface area contributed by atoms with Crippen LogP contribution in [0.3, 0.4) is 0 Å². The van der Waals surface area contributed by atoms with Crippen molar-refractivity contribution in [2.24, 2.45) is 0 Å². The zero-order chi connectivity index (χ0) is 11.1. The fourth-order valence-corrected chi connectivity index (χ4v) is 1.02. The van der Waals surface area contributed by atoms with Crippen LogP contribution in [0.5, 0.6) is 0 Å². The van der Waals surface area contributed by atoms with Gasteiger partial charge in [-0.3, -0.25) is 0 Å². The van der Waals surface area contributed by atoms with E-state index in [-0.39, 0.29) is 0 Å². The van der Waals surface area contributed by atoms with E-state index >= 15 is 0 Å². The van der Waals surface area contributed by atoms with Gasteiger partial charge in [-0.05, 0) is 6.07 Å². The molecule has 6 nitrogen and oxygen atoms in total. The van der Waals surface area contributed by atoms with Crippen molar-refractivity contribution in [1.82, 2.24) is 9.97 Å². The largest absolute Gasteiger partial charge is 0.480 e. The Morgan fingerprint density at radius 1 is 1.60 bits per heavy atom. The van der Waals surface area contributed by atoms with Crippen molar-refractivity contribution in [3.8, 4) is 0 Å². The number of carboxylic acid groups (broad SMARTS) is 1. The summed E-state index contributed by atoms with van der Waals surface area (Å²) in [6.07, 6.45) is 3.46. The van der Waals surface area contributed by atoms with Crippen LogP contribution < -0.4 is 5.32 Å². The van der Waals surface area contributed by atoms with Gasteiger partial charge in [0.1, 0.15) is 6.04 Å². The molecule has 0 aliphatic rings. The van der Waals surface area contributed by atoms with Crippen LogP contribution in [0.1, 0.15) is 6.42 Å². The van der Waals surface area contributed by atoms with Crippen LogP contribution in [0.2, 0.25) is 0 Å². The van der Waals surface area contributed by atoms with E-state index in [9.17, 15) is 4.79 Å². The van der Waals surface area contributed by atoms with Crippen LogP contribution >= 0.6 is 0 Å². The van der Waals surface area contributed by atoms with Crippen LogP contribution in [0, 0.1) is 0 Å². The number of methoxy groups -OCH3 is 1. The highest BCUT2D eigenvalue weighted by Gasteiger charge is 2.17. The number of anilines is 1. The minimum Gasteiger partial charge on any atom is -0.480 e. The van der Waals surface area contributed by atoms with Crippen LogP contribution in [0.15, 0.2) is 18.5 Å². The minimum absolute atomic E-state index is 0.306. The lowest BCUT2D eigenvalue weighted by Crippen LogP contribution is -2.31. The standard InChI is InChI=1S/C9H13N3O3/c1-15-6-3-7(8(13)14)12-9-10-4-2-5-11-9/h2,4-5,7H,3,6H2,1H3,(H,13,14)(H,10,11,12). The van der Waals surface area contributed by atoms with Gasteiger partial charge in [0.05, 0.1) is 0 Å². The van der Waals surface area contributed by atoms with Crippen LogP contribution in [-0.4, -0.2) is 40.8 Å². The number of aliphatic carboxylic acids is 1. The predicted octanol–water partition coefficient (Wildman–Crippen LogP) is 0.378. The molecule has 0 fully saturated rings. The van der Waals surface area contributed by atoms with Gasteiger partial charge in [0.25, 0.3) is 0 Å². The summed E-state index contributed by atoms with van der Waals surface area (Å²) < 4.78 is 4.82. The fraction of sp³-hybridized carbons (Fsp3) is 0.444. The van der Waals surface area contributed by atoms with Crippen molar-refractivity contribution in [3.63, 3.8) is 0 Å². The maximum absolute atomic E-state index is 10.8. The quantitative estimate of drug-likeness (QED) is 0.707. The lowest BCUT2D eigenvalue weighted by Gasteiger charge is -2.13. The number of nitrogens with zero attached hydrogens (tertiary/aromatic N) is 2. The average Bonchev–Trinajstić information content (AvgIpc) is 2.25. The number of hydrogen-bond acceptors (Lipinski definition) is 5. The molecule has 1 heterocycles. The highest BCUT2D eigenvalue weighted by Crippen LogP contribution is 2.02. The van der Waals surface area contributed by atoms with Crippen LogP contribution in [0.25, 0.3) is 0 Å². The molecule has 6 heteroatoms. The Labute approximate surface area is 87.3 Å². The highest BCUT2D eigenvalue weighted by molar-refractivity contribution is 5.76. The first-order chi connectivity index (χ1) is 7.24. The summed E-state index contributed by atoms with van der Waals surface area (Å²) >= 11 is 0. The molecule has 0 aliphatic heterocycles. The predicted molar refractivity (Wildman–Crippen MR) is 53.6 cm³/mol. The van der Waals surface area contributed by atoms with Crippen LogP contribution in [0.4, 0.5) is 5.95 Å². The Morgan fingerprint density at radius 2 is 2.27 bits per heavy atom. The first-order valence-electron chi connectivity index (χ1n) is 4.49. The molecule has 1 unspecified atom stereocenters. The molecule has 0 saturated heterocycles. The summed E-state index contributed by atoms with van der Waals surface area (Å²) in [6, 6.07) is 0.933. The second-order valence-corrected chi connectivity index (χ2v) is 2.89. The Hall–Kier alpha value is -1.69. The molecule has 82 valence electrons. The molecule has 0 aliphatic carbocycles. The van der Waals surface area contributed by atoms with Crippen LogP contribution in [-0.2, 0) is 9.53 Å². The summed E-state index contributed by atoms with van der Waals surface area (Å²) in [7, 11) is 1.53. The highest BCUT2D eigenvalue weighted by atomic mass is 16.5. The molecule has 0 bridgehead atoms. The molecule has 15 heavy (non-hydrogen) atoms. The van der Waals surface area contributed by atoms with Crippen molar-refractivity contribution < 1.29 is 14.6 Å². The average molecular weight is 211 g/mol. The topological polar surface area (TPSA) is 84.3 Å². The smallest absolute Gasteiger partial charge is 0.326 e. The molecule has 0 spiro atoms. The summed E-state index contributed by atoms with van der Waals surface area (Å²) in [5.41, 5.74) is 0. The molecular formula is C9H13N3O3. The number of rotatable bonds is 6. The van der Waals surface area contributed by atoms with Gasteiger partial charge >= 0.3 is 5.97 Å². The molecule has 0 radical (unpaired) electrons. The number of hydrogen-bond donors (Lipinski definition) is 2. The van der Waals surface area contributed by atoms with Gasteiger partial charge in [0.15, 0.2) is 0 Å². The molecule has 1 atom stereocenters. The molecule has 0 amide bonds. The van der Waals surface area contributed by atoms with Gasteiger partial charge < -0.3 is 15.2 Å².